The number of nitrogens with zero attached hydrogens (tertiary/aromatic N) is 4. The highest BCUT2D eigenvalue weighted by atomic mass is 16.5. The minimum Gasteiger partial charge on any atom is -0.494 e. The van der Waals surface area contributed by atoms with E-state index in [-0.39, 0.29) is 19.0 Å². The molecule has 0 spiro atoms. The standard InChI is InChI=1S/C31H31N7O4/c1-42-26-16-22(15-21-19-38(24-8-9-24)37-27(21)26)31(10-11-31)36-28(39)25-7-3-2-5-20(25)17-35-30(41)29(40)34-12-4-6-23-18-32-13-14-33-23/h2-7,13-16,18-19,24H,8-12,17H2,1H3,(H,34,40)(H,35,41)(H,36,39)/b6-4+. The Morgan fingerprint density at radius 2 is 1.90 bits per heavy atom. The number of carbonyl (C=O) groups excluding carboxylic acids is 3. The second kappa shape index (κ2) is 11.4. The van der Waals surface area contributed by atoms with Gasteiger partial charge in [0.05, 0.1) is 30.6 Å². The van der Waals surface area contributed by atoms with Crippen LogP contribution in [0.3, 0.4) is 0 Å². The molecule has 0 unspecified atom stereocenters. The fourth-order valence-electron chi connectivity index (χ4n) is 4.94. The zero-order valence-corrected chi connectivity index (χ0v) is 23.2. The topological polar surface area (TPSA) is 140 Å². The van der Waals surface area contributed by atoms with Gasteiger partial charge < -0.3 is 20.7 Å². The normalized spacial score (nSPS) is 15.4. The Balaban J connectivity index is 1.09. The summed E-state index contributed by atoms with van der Waals surface area (Å²) in [6.45, 7) is 0.181. The van der Waals surface area contributed by atoms with Crippen molar-refractivity contribution in [1.82, 2.24) is 35.7 Å². The van der Waals surface area contributed by atoms with Crippen LogP contribution < -0.4 is 20.7 Å². The van der Waals surface area contributed by atoms with E-state index < -0.39 is 17.4 Å². The number of ether oxygens (including phenoxy) is 1. The van der Waals surface area contributed by atoms with Crippen LogP contribution in [0.25, 0.3) is 17.0 Å². The van der Waals surface area contributed by atoms with Gasteiger partial charge in [-0.2, -0.15) is 5.10 Å². The summed E-state index contributed by atoms with van der Waals surface area (Å²) in [5.74, 6) is -1.12. The minimum atomic E-state index is -0.788. The summed E-state index contributed by atoms with van der Waals surface area (Å²) < 4.78 is 7.68. The van der Waals surface area contributed by atoms with Gasteiger partial charge in [-0.3, -0.25) is 29.0 Å². The third-order valence-corrected chi connectivity index (χ3v) is 7.55. The molecule has 2 aliphatic rings. The molecule has 2 aliphatic carbocycles. The Hall–Kier alpha value is -5.06. The van der Waals surface area contributed by atoms with E-state index in [2.05, 4.69) is 38.2 Å². The molecule has 11 heteroatoms. The number of methoxy groups -OCH3 is 1. The summed E-state index contributed by atoms with van der Waals surface area (Å²) in [4.78, 5) is 46.2. The summed E-state index contributed by atoms with van der Waals surface area (Å²) in [6, 6.07) is 11.5. The second-order valence-corrected chi connectivity index (χ2v) is 10.6. The van der Waals surface area contributed by atoms with Gasteiger partial charge in [-0.15, -0.1) is 0 Å². The first-order valence-corrected chi connectivity index (χ1v) is 13.9. The average molecular weight is 566 g/mol. The van der Waals surface area contributed by atoms with Crippen molar-refractivity contribution in [2.75, 3.05) is 13.7 Å². The molecule has 3 N–H and O–H groups in total. The molecule has 0 bridgehead atoms. The molecule has 6 rings (SSSR count). The van der Waals surface area contributed by atoms with Crippen LogP contribution in [0, 0.1) is 0 Å². The molecule has 214 valence electrons. The van der Waals surface area contributed by atoms with Crippen molar-refractivity contribution < 1.29 is 19.1 Å². The second-order valence-electron chi connectivity index (χ2n) is 10.6. The van der Waals surface area contributed by atoms with Gasteiger partial charge in [0.25, 0.3) is 5.91 Å². The van der Waals surface area contributed by atoms with Gasteiger partial charge in [0, 0.05) is 42.6 Å². The molecule has 11 nitrogen and oxygen atoms in total. The third kappa shape index (κ3) is 5.85. The number of hydrogen-bond donors (Lipinski definition) is 3. The largest absolute Gasteiger partial charge is 0.494 e. The lowest BCUT2D eigenvalue weighted by Gasteiger charge is -2.20. The quantitative estimate of drug-likeness (QED) is 0.251. The Kier molecular flexibility index (Phi) is 7.39. The molecule has 4 aromatic rings. The molecular formula is C31H31N7O4. The fraction of sp³-hybridized carbons (Fsp3) is 0.290. The van der Waals surface area contributed by atoms with E-state index in [0.717, 1.165) is 42.1 Å². The summed E-state index contributed by atoms with van der Waals surface area (Å²) in [5, 5.41) is 14.1. The predicted molar refractivity (Wildman–Crippen MR) is 155 cm³/mol. The number of hydrogen-bond acceptors (Lipinski definition) is 7. The lowest BCUT2D eigenvalue weighted by atomic mass is 10.0. The molecule has 0 saturated heterocycles. The minimum absolute atomic E-state index is 0.0262. The summed E-state index contributed by atoms with van der Waals surface area (Å²) in [6.07, 6.45) is 14.0. The fourth-order valence-corrected chi connectivity index (χ4v) is 4.94. The molecule has 0 atom stereocenters. The van der Waals surface area contributed by atoms with Gasteiger partial charge in [0.2, 0.25) is 0 Å². The van der Waals surface area contributed by atoms with Crippen molar-refractivity contribution in [2.45, 2.75) is 43.8 Å². The SMILES string of the molecule is COc1cc(C2(NC(=O)c3ccccc3CNC(=O)C(=O)NC/C=C/c3cnccn3)CC2)cc2cn(C3CC3)nc12. The first-order valence-electron chi connectivity index (χ1n) is 13.9. The molecule has 2 saturated carbocycles. The monoisotopic (exact) mass is 565 g/mol. The number of amides is 3. The van der Waals surface area contributed by atoms with Gasteiger partial charge in [-0.05, 0) is 61.1 Å². The molecule has 2 aromatic heterocycles. The van der Waals surface area contributed by atoms with Crippen LogP contribution in [-0.2, 0) is 21.7 Å². The molecular weight excluding hydrogens is 534 g/mol. The zero-order valence-electron chi connectivity index (χ0n) is 23.2. The zero-order chi connectivity index (χ0) is 29.1. The van der Waals surface area contributed by atoms with Gasteiger partial charge >= 0.3 is 11.8 Å². The van der Waals surface area contributed by atoms with Crippen LogP contribution in [-0.4, -0.2) is 51.1 Å². The smallest absolute Gasteiger partial charge is 0.309 e. The highest BCUT2D eigenvalue weighted by molar-refractivity contribution is 6.35. The lowest BCUT2D eigenvalue weighted by Crippen LogP contribution is -2.40. The third-order valence-electron chi connectivity index (χ3n) is 7.55. The Bertz CT molecular complexity index is 1670. The number of benzene rings is 2. The number of fused-ring (bicyclic) bond motifs is 1. The van der Waals surface area contributed by atoms with Gasteiger partial charge in [0.1, 0.15) is 11.3 Å². The van der Waals surface area contributed by atoms with Crippen molar-refractivity contribution >= 4 is 34.7 Å². The van der Waals surface area contributed by atoms with Crippen LogP contribution in [0.15, 0.2) is 67.3 Å². The van der Waals surface area contributed by atoms with Crippen molar-refractivity contribution in [1.29, 1.82) is 0 Å². The maximum absolute atomic E-state index is 13.5. The molecule has 0 radical (unpaired) electrons. The Morgan fingerprint density at radius 3 is 2.64 bits per heavy atom. The number of carbonyl (C=O) groups is 3. The van der Waals surface area contributed by atoms with Gasteiger partial charge in [-0.1, -0.05) is 24.3 Å². The highest BCUT2D eigenvalue weighted by Crippen LogP contribution is 2.48. The highest BCUT2D eigenvalue weighted by Gasteiger charge is 2.46. The van der Waals surface area contributed by atoms with E-state index in [9.17, 15) is 14.4 Å². The van der Waals surface area contributed by atoms with Crippen molar-refractivity contribution in [3.05, 3.63) is 89.6 Å². The maximum Gasteiger partial charge on any atom is 0.309 e. The molecule has 2 fully saturated rings. The van der Waals surface area contributed by atoms with E-state index in [1.165, 1.54) is 0 Å². The predicted octanol–water partition coefficient (Wildman–Crippen LogP) is 3.03. The van der Waals surface area contributed by atoms with Crippen molar-refractivity contribution in [2.24, 2.45) is 0 Å². The van der Waals surface area contributed by atoms with E-state index in [1.807, 2.05) is 10.7 Å². The maximum atomic E-state index is 13.5. The van der Waals surface area contributed by atoms with E-state index in [0.29, 0.717) is 28.6 Å². The summed E-state index contributed by atoms with van der Waals surface area (Å²) >= 11 is 0. The average Bonchev–Trinajstić information content (AvgIpc) is 3.96. The van der Waals surface area contributed by atoms with Crippen LogP contribution in [0.4, 0.5) is 0 Å². The van der Waals surface area contributed by atoms with Crippen LogP contribution in [0.5, 0.6) is 5.75 Å². The molecule has 0 aliphatic heterocycles. The van der Waals surface area contributed by atoms with Crippen LogP contribution in [0.2, 0.25) is 0 Å². The van der Waals surface area contributed by atoms with Crippen LogP contribution in [0.1, 0.15) is 58.9 Å². The first-order chi connectivity index (χ1) is 20.5. The van der Waals surface area contributed by atoms with Crippen LogP contribution >= 0.6 is 0 Å². The molecule has 42 heavy (non-hydrogen) atoms. The van der Waals surface area contributed by atoms with Crippen molar-refractivity contribution in [3.63, 3.8) is 0 Å². The summed E-state index contributed by atoms with van der Waals surface area (Å²) in [7, 11) is 1.63. The van der Waals surface area contributed by atoms with E-state index in [1.54, 1.807) is 62.1 Å². The van der Waals surface area contributed by atoms with E-state index >= 15 is 0 Å². The number of nitrogens with one attached hydrogen (secondary N) is 3. The van der Waals surface area contributed by atoms with Gasteiger partial charge in [0.15, 0.2) is 0 Å². The Morgan fingerprint density at radius 1 is 1.10 bits per heavy atom. The lowest BCUT2D eigenvalue weighted by molar-refractivity contribution is -0.139. The Labute approximate surface area is 242 Å². The molecule has 3 amide bonds. The van der Waals surface area contributed by atoms with E-state index in [4.69, 9.17) is 9.84 Å². The molecule has 2 heterocycles. The van der Waals surface area contributed by atoms with Crippen molar-refractivity contribution in [3.8, 4) is 5.75 Å². The number of aromatic nitrogens is 4. The first kappa shape index (κ1) is 27.1. The van der Waals surface area contributed by atoms with Gasteiger partial charge in [-0.25, -0.2) is 0 Å². The summed E-state index contributed by atoms with van der Waals surface area (Å²) in [5.41, 5.74) is 2.98. The number of rotatable bonds is 10. The molecule has 2 aromatic carbocycles.